The van der Waals surface area contributed by atoms with E-state index in [1.807, 2.05) is 4.90 Å². The zero-order chi connectivity index (χ0) is 15.3. The largest absolute Gasteiger partial charge is 0.385 e. The van der Waals surface area contributed by atoms with E-state index in [1.165, 1.54) is 0 Å². The van der Waals surface area contributed by atoms with Gasteiger partial charge in [-0.05, 0) is 43.9 Å². The Hall–Kier alpha value is -0.610. The van der Waals surface area contributed by atoms with Crippen LogP contribution in [-0.4, -0.2) is 49.8 Å². The van der Waals surface area contributed by atoms with E-state index < -0.39 is 0 Å². The van der Waals surface area contributed by atoms with E-state index in [9.17, 15) is 4.79 Å². The van der Waals surface area contributed by atoms with Crippen molar-refractivity contribution in [2.45, 2.75) is 58.0 Å². The van der Waals surface area contributed by atoms with Crippen LogP contribution in [0, 0.1) is 11.8 Å². The molecule has 0 aliphatic carbocycles. The predicted molar refractivity (Wildman–Crippen MR) is 83.2 cm³/mol. The highest BCUT2D eigenvalue weighted by atomic mass is 16.5. The number of hydrogen-bond acceptors (Lipinski definition) is 3. The molecule has 0 aromatic heterocycles. The van der Waals surface area contributed by atoms with Gasteiger partial charge >= 0.3 is 0 Å². The molecule has 0 N–H and O–H groups in total. The molecule has 2 aliphatic heterocycles. The van der Waals surface area contributed by atoms with Gasteiger partial charge in [0.05, 0.1) is 5.60 Å². The van der Waals surface area contributed by atoms with Gasteiger partial charge in [-0.1, -0.05) is 13.8 Å². The van der Waals surface area contributed by atoms with Crippen molar-refractivity contribution >= 4 is 5.91 Å². The summed E-state index contributed by atoms with van der Waals surface area (Å²) in [6.45, 7) is 7.65. The smallest absolute Gasteiger partial charge is 0.222 e. The Morgan fingerprint density at radius 3 is 2.71 bits per heavy atom. The lowest BCUT2D eigenvalue weighted by Crippen LogP contribution is -2.51. The normalized spacial score (nSPS) is 25.5. The van der Waals surface area contributed by atoms with E-state index in [-0.39, 0.29) is 5.60 Å². The average molecular weight is 297 g/mol. The quantitative estimate of drug-likeness (QED) is 0.783. The van der Waals surface area contributed by atoms with Gasteiger partial charge in [-0.25, -0.2) is 0 Å². The number of likely N-dealkylation sites (tertiary alicyclic amines) is 1. The summed E-state index contributed by atoms with van der Waals surface area (Å²) in [7, 11) is 1.77. The standard InChI is InChI=1S/C17H31NO3/c1-14(2)12-16(19)18-8-6-17(7-9-18)13-15(4-10-20-3)5-11-21-17/h14-15H,4-13H2,1-3H3. The summed E-state index contributed by atoms with van der Waals surface area (Å²) in [5, 5.41) is 0. The molecule has 4 heteroatoms. The van der Waals surface area contributed by atoms with Crippen LogP contribution >= 0.6 is 0 Å². The van der Waals surface area contributed by atoms with E-state index in [0.717, 1.165) is 64.3 Å². The molecule has 2 heterocycles. The van der Waals surface area contributed by atoms with Crippen LogP contribution in [0.15, 0.2) is 0 Å². The van der Waals surface area contributed by atoms with E-state index in [2.05, 4.69) is 13.8 Å². The highest BCUT2D eigenvalue weighted by Gasteiger charge is 2.40. The summed E-state index contributed by atoms with van der Waals surface area (Å²) in [4.78, 5) is 14.2. The maximum absolute atomic E-state index is 12.2. The molecular weight excluding hydrogens is 266 g/mol. The van der Waals surface area contributed by atoms with Crippen LogP contribution in [0.1, 0.15) is 52.4 Å². The molecule has 2 saturated heterocycles. The van der Waals surface area contributed by atoms with Crippen LogP contribution in [-0.2, 0) is 14.3 Å². The van der Waals surface area contributed by atoms with Crippen molar-refractivity contribution in [1.82, 2.24) is 4.90 Å². The molecule has 122 valence electrons. The maximum Gasteiger partial charge on any atom is 0.222 e. The van der Waals surface area contributed by atoms with E-state index in [1.54, 1.807) is 7.11 Å². The van der Waals surface area contributed by atoms with Crippen LogP contribution in [0.5, 0.6) is 0 Å². The number of amides is 1. The fourth-order valence-corrected chi connectivity index (χ4v) is 3.65. The van der Waals surface area contributed by atoms with Crippen molar-refractivity contribution < 1.29 is 14.3 Å². The summed E-state index contributed by atoms with van der Waals surface area (Å²) in [6.07, 6.45) is 6.10. The highest BCUT2D eigenvalue weighted by molar-refractivity contribution is 5.76. The molecule has 21 heavy (non-hydrogen) atoms. The molecule has 0 bridgehead atoms. The zero-order valence-electron chi connectivity index (χ0n) is 13.9. The lowest BCUT2D eigenvalue weighted by molar-refractivity contribution is -0.148. The third-order valence-corrected chi connectivity index (χ3v) is 4.94. The molecule has 2 rings (SSSR count). The number of hydrogen-bond donors (Lipinski definition) is 0. The highest BCUT2D eigenvalue weighted by Crippen LogP contribution is 2.38. The molecule has 2 fully saturated rings. The summed E-state index contributed by atoms with van der Waals surface area (Å²) in [5.41, 5.74) is 0.0330. The van der Waals surface area contributed by atoms with Gasteiger partial charge in [0.1, 0.15) is 0 Å². The van der Waals surface area contributed by atoms with E-state index in [0.29, 0.717) is 18.2 Å². The fourth-order valence-electron chi connectivity index (χ4n) is 3.65. The zero-order valence-corrected chi connectivity index (χ0v) is 13.9. The molecule has 0 aromatic rings. The molecule has 0 radical (unpaired) electrons. The first-order valence-electron chi connectivity index (χ1n) is 8.45. The summed E-state index contributed by atoms with van der Waals surface area (Å²) in [5.74, 6) is 1.47. The SMILES string of the molecule is COCCC1CCOC2(CCN(C(=O)CC(C)C)CC2)C1. The Morgan fingerprint density at radius 1 is 1.38 bits per heavy atom. The topological polar surface area (TPSA) is 38.8 Å². The number of methoxy groups -OCH3 is 1. The van der Waals surface area contributed by atoms with Crippen molar-refractivity contribution in [3.05, 3.63) is 0 Å². The second-order valence-corrected chi connectivity index (χ2v) is 7.15. The number of nitrogens with zero attached hydrogens (tertiary/aromatic N) is 1. The first-order chi connectivity index (χ1) is 10.0. The number of carbonyl (C=O) groups is 1. The van der Waals surface area contributed by atoms with Crippen molar-refractivity contribution in [1.29, 1.82) is 0 Å². The predicted octanol–water partition coefficient (Wildman–Crippen LogP) is 2.86. The van der Waals surface area contributed by atoms with Crippen LogP contribution < -0.4 is 0 Å². The molecule has 1 amide bonds. The minimum Gasteiger partial charge on any atom is -0.385 e. The van der Waals surface area contributed by atoms with Gasteiger partial charge in [-0.15, -0.1) is 0 Å². The van der Waals surface area contributed by atoms with Gasteiger partial charge in [0, 0.05) is 39.8 Å². The van der Waals surface area contributed by atoms with Gasteiger partial charge in [-0.2, -0.15) is 0 Å². The minimum atomic E-state index is 0.0330. The van der Waals surface area contributed by atoms with Crippen LogP contribution in [0.2, 0.25) is 0 Å². The first kappa shape index (κ1) is 16.8. The van der Waals surface area contributed by atoms with Crippen molar-refractivity contribution in [3.63, 3.8) is 0 Å². The van der Waals surface area contributed by atoms with Crippen molar-refractivity contribution in [2.75, 3.05) is 33.4 Å². The van der Waals surface area contributed by atoms with Gasteiger partial charge in [0.25, 0.3) is 0 Å². The third-order valence-electron chi connectivity index (χ3n) is 4.94. The number of piperidine rings is 1. The second-order valence-electron chi connectivity index (χ2n) is 7.15. The van der Waals surface area contributed by atoms with Crippen molar-refractivity contribution in [2.24, 2.45) is 11.8 Å². The van der Waals surface area contributed by atoms with Gasteiger partial charge < -0.3 is 14.4 Å². The molecule has 1 atom stereocenters. The number of carbonyl (C=O) groups excluding carboxylic acids is 1. The Balaban J connectivity index is 1.82. The Labute approximate surface area is 129 Å². The second kappa shape index (κ2) is 7.59. The Morgan fingerprint density at radius 2 is 2.10 bits per heavy atom. The first-order valence-corrected chi connectivity index (χ1v) is 8.45. The summed E-state index contributed by atoms with van der Waals surface area (Å²) < 4.78 is 11.4. The summed E-state index contributed by atoms with van der Waals surface area (Å²) in [6, 6.07) is 0. The minimum absolute atomic E-state index is 0.0330. The summed E-state index contributed by atoms with van der Waals surface area (Å²) >= 11 is 0. The number of rotatable bonds is 5. The molecule has 1 spiro atoms. The van der Waals surface area contributed by atoms with Gasteiger partial charge in [-0.3, -0.25) is 4.79 Å². The monoisotopic (exact) mass is 297 g/mol. The van der Waals surface area contributed by atoms with Gasteiger partial charge in [0.15, 0.2) is 0 Å². The molecular formula is C17H31NO3. The van der Waals surface area contributed by atoms with Gasteiger partial charge in [0.2, 0.25) is 5.91 Å². The lowest BCUT2D eigenvalue weighted by atomic mass is 9.78. The van der Waals surface area contributed by atoms with E-state index >= 15 is 0 Å². The molecule has 2 aliphatic rings. The average Bonchev–Trinajstić information content (AvgIpc) is 2.45. The fraction of sp³-hybridized carbons (Fsp3) is 0.941. The Kier molecular flexibility index (Phi) is 6.06. The molecule has 0 saturated carbocycles. The molecule has 1 unspecified atom stereocenters. The third kappa shape index (κ3) is 4.68. The van der Waals surface area contributed by atoms with Crippen LogP contribution in [0.3, 0.4) is 0 Å². The van der Waals surface area contributed by atoms with Crippen molar-refractivity contribution in [3.8, 4) is 0 Å². The van der Waals surface area contributed by atoms with Crippen LogP contribution in [0.4, 0.5) is 0 Å². The van der Waals surface area contributed by atoms with E-state index in [4.69, 9.17) is 9.47 Å². The maximum atomic E-state index is 12.2. The lowest BCUT2D eigenvalue weighted by Gasteiger charge is -2.46. The molecule has 0 aromatic carbocycles. The number of ether oxygens (including phenoxy) is 2. The molecule has 4 nitrogen and oxygen atoms in total. The Bertz CT molecular complexity index is 335. The van der Waals surface area contributed by atoms with Crippen LogP contribution in [0.25, 0.3) is 0 Å².